The summed E-state index contributed by atoms with van der Waals surface area (Å²) in [5.74, 6) is -2.25. The molecule has 4 rings (SSSR count). The van der Waals surface area contributed by atoms with Crippen LogP contribution in [0.3, 0.4) is 0 Å². The molecule has 0 saturated carbocycles. The Morgan fingerprint density at radius 2 is 1.67 bits per heavy atom. The summed E-state index contributed by atoms with van der Waals surface area (Å²) in [4.78, 5) is 27.0. The molecule has 1 aliphatic rings. The lowest BCUT2D eigenvalue weighted by Gasteiger charge is -2.37. The maximum atomic E-state index is 14.1. The predicted octanol–water partition coefficient (Wildman–Crippen LogP) is 4.71. The summed E-state index contributed by atoms with van der Waals surface area (Å²) in [6.07, 6.45) is 2.47. The van der Waals surface area contributed by atoms with Crippen LogP contribution in [0, 0.1) is 11.6 Å². The number of carbonyl (C=O) groups is 2. The minimum Gasteiger partial charge on any atom is -0.350 e. The SMILES string of the molecule is O=C(NC1(C(=O)NCc2ccc(F)cc2F)CCNCC1)C(=Cc1ccc(Cl)cc1)c1ccccc1. The lowest BCUT2D eigenvalue weighted by molar-refractivity contribution is -0.133. The molecule has 0 radical (unpaired) electrons. The van der Waals surface area contributed by atoms with Crippen molar-refractivity contribution in [1.82, 2.24) is 16.0 Å². The number of amides is 2. The van der Waals surface area contributed by atoms with Crippen molar-refractivity contribution in [2.45, 2.75) is 24.9 Å². The second kappa shape index (κ2) is 11.5. The molecule has 3 aromatic carbocycles. The van der Waals surface area contributed by atoms with E-state index in [1.54, 1.807) is 18.2 Å². The Morgan fingerprint density at radius 1 is 0.972 bits per heavy atom. The molecule has 186 valence electrons. The first-order chi connectivity index (χ1) is 17.4. The van der Waals surface area contributed by atoms with Gasteiger partial charge in [0.25, 0.3) is 5.91 Å². The van der Waals surface area contributed by atoms with Gasteiger partial charge in [-0.05, 0) is 61.3 Å². The van der Waals surface area contributed by atoms with Gasteiger partial charge in [-0.3, -0.25) is 9.59 Å². The van der Waals surface area contributed by atoms with E-state index in [0.29, 0.717) is 42.1 Å². The third-order valence-corrected chi connectivity index (χ3v) is 6.46. The lowest BCUT2D eigenvalue weighted by Crippen LogP contribution is -2.62. The van der Waals surface area contributed by atoms with Gasteiger partial charge in [0.2, 0.25) is 5.91 Å². The third-order valence-electron chi connectivity index (χ3n) is 6.21. The van der Waals surface area contributed by atoms with Crippen molar-refractivity contribution in [3.8, 4) is 0 Å². The van der Waals surface area contributed by atoms with Crippen LogP contribution in [0.4, 0.5) is 8.78 Å². The topological polar surface area (TPSA) is 70.2 Å². The van der Waals surface area contributed by atoms with Crippen molar-refractivity contribution in [3.05, 3.63) is 106 Å². The number of nitrogens with one attached hydrogen (secondary N) is 3. The molecule has 2 amide bonds. The van der Waals surface area contributed by atoms with Gasteiger partial charge in [-0.1, -0.05) is 60.1 Å². The third kappa shape index (κ3) is 6.17. The molecule has 1 saturated heterocycles. The predicted molar refractivity (Wildman–Crippen MR) is 137 cm³/mol. The molecule has 3 N–H and O–H groups in total. The van der Waals surface area contributed by atoms with Gasteiger partial charge in [-0.15, -0.1) is 0 Å². The van der Waals surface area contributed by atoms with Gasteiger partial charge in [-0.25, -0.2) is 8.78 Å². The molecule has 0 spiro atoms. The Balaban J connectivity index is 1.59. The highest BCUT2D eigenvalue weighted by Crippen LogP contribution is 2.25. The Labute approximate surface area is 213 Å². The molecule has 0 bridgehead atoms. The van der Waals surface area contributed by atoms with Crippen LogP contribution >= 0.6 is 11.6 Å². The minimum absolute atomic E-state index is 0.123. The van der Waals surface area contributed by atoms with E-state index in [-0.39, 0.29) is 12.1 Å². The second-order valence-electron chi connectivity index (χ2n) is 8.68. The quantitative estimate of drug-likeness (QED) is 0.319. The minimum atomic E-state index is -1.19. The summed E-state index contributed by atoms with van der Waals surface area (Å²) in [5, 5.41) is 9.50. The molecule has 0 unspecified atom stereocenters. The van der Waals surface area contributed by atoms with Crippen LogP contribution < -0.4 is 16.0 Å². The summed E-state index contributed by atoms with van der Waals surface area (Å²) in [7, 11) is 0. The van der Waals surface area contributed by atoms with E-state index in [1.165, 1.54) is 6.07 Å². The van der Waals surface area contributed by atoms with Crippen LogP contribution in [0.5, 0.6) is 0 Å². The van der Waals surface area contributed by atoms with E-state index in [2.05, 4.69) is 16.0 Å². The summed E-state index contributed by atoms with van der Waals surface area (Å²) in [6.45, 7) is 0.933. The first-order valence-electron chi connectivity index (χ1n) is 11.6. The fourth-order valence-corrected chi connectivity index (χ4v) is 4.31. The maximum Gasteiger partial charge on any atom is 0.252 e. The fourth-order valence-electron chi connectivity index (χ4n) is 4.18. The van der Waals surface area contributed by atoms with Crippen LogP contribution in [0.25, 0.3) is 11.6 Å². The molecule has 3 aromatic rings. The van der Waals surface area contributed by atoms with Crippen molar-refractivity contribution >= 4 is 35.1 Å². The Morgan fingerprint density at radius 3 is 2.33 bits per heavy atom. The Bertz CT molecular complexity index is 1260. The van der Waals surface area contributed by atoms with Gasteiger partial charge in [0.1, 0.15) is 17.2 Å². The zero-order valence-electron chi connectivity index (χ0n) is 19.5. The molecule has 8 heteroatoms. The van der Waals surface area contributed by atoms with Crippen molar-refractivity contribution < 1.29 is 18.4 Å². The molecule has 1 heterocycles. The first-order valence-corrected chi connectivity index (χ1v) is 12.0. The Kier molecular flexibility index (Phi) is 8.13. The standard InChI is InChI=1S/C28H26ClF2N3O2/c29-22-9-6-19(7-10-22)16-24(20-4-2-1-3-5-20)26(35)34-28(12-14-32-15-13-28)27(36)33-18-21-8-11-23(30)17-25(21)31/h1-11,16-17,32H,12-15,18H2,(H,33,36)(H,34,35). The van der Waals surface area contributed by atoms with Crippen molar-refractivity contribution in [2.24, 2.45) is 0 Å². The normalized spacial score (nSPS) is 15.2. The summed E-state index contributed by atoms with van der Waals surface area (Å²) in [5.41, 5.74) is 0.847. The zero-order valence-corrected chi connectivity index (χ0v) is 20.2. The summed E-state index contributed by atoms with van der Waals surface area (Å²) in [6, 6.07) is 19.5. The average molecular weight is 510 g/mol. The maximum absolute atomic E-state index is 14.1. The second-order valence-corrected chi connectivity index (χ2v) is 9.12. The molecule has 5 nitrogen and oxygen atoms in total. The van der Waals surface area contributed by atoms with Crippen LogP contribution in [0.15, 0.2) is 72.8 Å². The van der Waals surface area contributed by atoms with Gasteiger partial charge >= 0.3 is 0 Å². The molecule has 0 aliphatic carbocycles. The van der Waals surface area contributed by atoms with Gasteiger partial charge < -0.3 is 16.0 Å². The molecule has 1 aliphatic heterocycles. The number of rotatable bonds is 7. The zero-order chi connectivity index (χ0) is 25.5. The first kappa shape index (κ1) is 25.5. The fraction of sp³-hybridized carbons (Fsp3) is 0.214. The molecule has 1 fully saturated rings. The van der Waals surface area contributed by atoms with Gasteiger partial charge in [0, 0.05) is 28.8 Å². The molecular weight excluding hydrogens is 484 g/mol. The highest BCUT2D eigenvalue weighted by molar-refractivity contribution is 6.30. The van der Waals surface area contributed by atoms with Crippen molar-refractivity contribution in [1.29, 1.82) is 0 Å². The van der Waals surface area contributed by atoms with E-state index in [1.807, 2.05) is 42.5 Å². The number of benzene rings is 3. The summed E-state index contributed by atoms with van der Waals surface area (Å²) >= 11 is 6.01. The van der Waals surface area contributed by atoms with E-state index < -0.39 is 29.0 Å². The number of carbonyl (C=O) groups excluding carboxylic acids is 2. The number of hydrogen-bond acceptors (Lipinski definition) is 3. The molecule has 36 heavy (non-hydrogen) atoms. The highest BCUT2D eigenvalue weighted by atomic mass is 35.5. The average Bonchev–Trinajstić information content (AvgIpc) is 2.88. The van der Waals surface area contributed by atoms with Gasteiger partial charge in [0.15, 0.2) is 0 Å². The van der Waals surface area contributed by atoms with E-state index in [4.69, 9.17) is 11.6 Å². The summed E-state index contributed by atoms with van der Waals surface area (Å²) < 4.78 is 27.3. The number of halogens is 3. The Hall–Kier alpha value is -3.55. The van der Waals surface area contributed by atoms with Crippen LogP contribution in [-0.4, -0.2) is 30.4 Å². The number of hydrogen-bond donors (Lipinski definition) is 3. The van der Waals surface area contributed by atoms with Crippen LogP contribution in [-0.2, 0) is 16.1 Å². The lowest BCUT2D eigenvalue weighted by atomic mass is 9.86. The van der Waals surface area contributed by atoms with E-state index in [9.17, 15) is 18.4 Å². The molecule has 0 aromatic heterocycles. The highest BCUT2D eigenvalue weighted by Gasteiger charge is 2.41. The van der Waals surface area contributed by atoms with E-state index in [0.717, 1.165) is 17.7 Å². The van der Waals surface area contributed by atoms with Crippen LogP contribution in [0.2, 0.25) is 5.02 Å². The smallest absolute Gasteiger partial charge is 0.252 e. The number of piperidine rings is 1. The molecular formula is C28H26ClF2N3O2. The van der Waals surface area contributed by atoms with Gasteiger partial charge in [0.05, 0.1) is 0 Å². The van der Waals surface area contributed by atoms with Crippen LogP contribution in [0.1, 0.15) is 29.5 Å². The monoisotopic (exact) mass is 509 g/mol. The molecule has 0 atom stereocenters. The largest absolute Gasteiger partial charge is 0.350 e. The van der Waals surface area contributed by atoms with Gasteiger partial charge in [-0.2, -0.15) is 0 Å². The van der Waals surface area contributed by atoms with E-state index >= 15 is 0 Å². The van der Waals surface area contributed by atoms with Crippen molar-refractivity contribution in [3.63, 3.8) is 0 Å². The van der Waals surface area contributed by atoms with Crippen molar-refractivity contribution in [2.75, 3.05) is 13.1 Å².